The number of halogens is 1. The highest BCUT2D eigenvalue weighted by molar-refractivity contribution is 14.1. The molecule has 2 aromatic rings. The summed E-state index contributed by atoms with van der Waals surface area (Å²) in [4.78, 5) is 4.20. The Bertz CT molecular complexity index is 425. The number of benzene rings is 1. The van der Waals surface area contributed by atoms with Crippen LogP contribution in [0.3, 0.4) is 0 Å². The molecule has 1 N–H and O–H groups in total. The van der Waals surface area contributed by atoms with Gasteiger partial charge in [0.25, 0.3) is 0 Å². The van der Waals surface area contributed by atoms with E-state index < -0.39 is 0 Å². The van der Waals surface area contributed by atoms with Gasteiger partial charge in [0.15, 0.2) is 0 Å². The lowest BCUT2D eigenvalue weighted by molar-refractivity contribution is 0.347. The summed E-state index contributed by atoms with van der Waals surface area (Å²) < 4.78 is 1.05. The van der Waals surface area contributed by atoms with Gasteiger partial charge in [0.05, 0.1) is 28.4 Å². The van der Waals surface area contributed by atoms with Gasteiger partial charge < -0.3 is 0 Å². The summed E-state index contributed by atoms with van der Waals surface area (Å²) in [5.41, 5.74) is 1.51. The van der Waals surface area contributed by atoms with Crippen LogP contribution in [0.25, 0.3) is 10.9 Å². The second-order valence-electron chi connectivity index (χ2n) is 2.61. The molecule has 0 amide bonds. The van der Waals surface area contributed by atoms with Crippen molar-refractivity contribution < 1.29 is 5.21 Å². The fourth-order valence-corrected chi connectivity index (χ4v) is 1.63. The number of rotatable bonds is 1. The number of fused-ring (bicyclic) bond motifs is 1. The van der Waals surface area contributed by atoms with Crippen molar-refractivity contribution in [3.05, 3.63) is 36.5 Å². The van der Waals surface area contributed by atoms with Crippen LogP contribution < -0.4 is 3.28 Å². The largest absolute Gasteiger partial charge is 0.279 e. The maximum absolute atomic E-state index is 9.30. The molecule has 13 heavy (non-hydrogen) atoms. The topological polar surface area (TPSA) is 36.4 Å². The third kappa shape index (κ3) is 1.59. The van der Waals surface area contributed by atoms with Crippen molar-refractivity contribution in [2.75, 3.05) is 3.28 Å². The zero-order chi connectivity index (χ0) is 9.26. The van der Waals surface area contributed by atoms with Gasteiger partial charge in [0.2, 0.25) is 0 Å². The standard InChI is InChI=1S/C9H7IN2O/c10-12(13)8-5-1-3-7-4-2-6-11-9(7)8/h1-6,13H. The summed E-state index contributed by atoms with van der Waals surface area (Å²) in [5.74, 6) is 0. The Morgan fingerprint density at radius 1 is 1.23 bits per heavy atom. The first-order chi connectivity index (χ1) is 6.29. The Morgan fingerprint density at radius 3 is 2.77 bits per heavy atom. The minimum absolute atomic E-state index is 0.707. The van der Waals surface area contributed by atoms with Crippen LogP contribution in [-0.2, 0) is 0 Å². The van der Waals surface area contributed by atoms with Crippen molar-refractivity contribution in [3.8, 4) is 0 Å². The Labute approximate surface area is 89.5 Å². The zero-order valence-electron chi connectivity index (χ0n) is 6.68. The molecule has 3 nitrogen and oxygen atoms in total. The van der Waals surface area contributed by atoms with Crippen LogP contribution >= 0.6 is 22.9 Å². The van der Waals surface area contributed by atoms with Gasteiger partial charge in [-0.1, -0.05) is 18.2 Å². The van der Waals surface area contributed by atoms with E-state index in [4.69, 9.17) is 0 Å². The van der Waals surface area contributed by atoms with Crippen LogP contribution in [0.4, 0.5) is 5.69 Å². The van der Waals surface area contributed by atoms with E-state index in [0.717, 1.165) is 14.2 Å². The minimum atomic E-state index is 0.707. The maximum atomic E-state index is 9.30. The lowest BCUT2D eigenvalue weighted by Crippen LogP contribution is -2.01. The Hall–Kier alpha value is -0.880. The highest BCUT2D eigenvalue weighted by Gasteiger charge is 2.04. The van der Waals surface area contributed by atoms with Crippen molar-refractivity contribution >= 4 is 39.5 Å². The molecule has 1 heterocycles. The normalized spacial score (nSPS) is 10.3. The smallest absolute Gasteiger partial charge is 0.101 e. The molecular formula is C9H7IN2O. The van der Waals surface area contributed by atoms with Gasteiger partial charge in [-0.2, -0.15) is 3.28 Å². The van der Waals surface area contributed by atoms with Gasteiger partial charge in [0.1, 0.15) is 5.69 Å². The van der Waals surface area contributed by atoms with Crippen LogP contribution in [0, 0.1) is 0 Å². The molecule has 0 saturated heterocycles. The fraction of sp³-hybridized carbons (Fsp3) is 0. The van der Waals surface area contributed by atoms with Gasteiger partial charge in [-0.3, -0.25) is 10.2 Å². The molecule has 0 bridgehead atoms. The van der Waals surface area contributed by atoms with Crippen molar-refractivity contribution in [1.82, 2.24) is 4.98 Å². The number of hydrogen-bond donors (Lipinski definition) is 1. The summed E-state index contributed by atoms with van der Waals surface area (Å²) in [6.45, 7) is 0. The van der Waals surface area contributed by atoms with Crippen molar-refractivity contribution in [2.24, 2.45) is 0 Å². The zero-order valence-corrected chi connectivity index (χ0v) is 8.84. The Kier molecular flexibility index (Phi) is 2.32. The average Bonchev–Trinajstić information content (AvgIpc) is 2.17. The quantitative estimate of drug-likeness (QED) is 0.497. The van der Waals surface area contributed by atoms with Gasteiger partial charge in [-0.05, 0) is 12.1 Å². The SMILES string of the molecule is ON(I)c1cccc2cccnc12. The van der Waals surface area contributed by atoms with E-state index >= 15 is 0 Å². The highest BCUT2D eigenvalue weighted by Crippen LogP contribution is 2.25. The predicted octanol–water partition coefficient (Wildman–Crippen LogP) is 2.78. The minimum Gasteiger partial charge on any atom is -0.279 e. The number of para-hydroxylation sites is 1. The van der Waals surface area contributed by atoms with E-state index in [1.807, 2.05) is 30.3 Å². The molecule has 0 aliphatic carbocycles. The molecule has 0 unspecified atom stereocenters. The first kappa shape index (κ1) is 8.71. The van der Waals surface area contributed by atoms with Crippen molar-refractivity contribution in [2.45, 2.75) is 0 Å². The fourth-order valence-electron chi connectivity index (χ4n) is 1.24. The van der Waals surface area contributed by atoms with Gasteiger partial charge in [-0.15, -0.1) is 0 Å². The molecular weight excluding hydrogens is 279 g/mol. The summed E-state index contributed by atoms with van der Waals surface area (Å²) in [5, 5.41) is 10.3. The molecule has 1 aromatic carbocycles. The Balaban J connectivity index is 2.76. The number of aromatic nitrogens is 1. The third-order valence-electron chi connectivity index (χ3n) is 1.81. The molecule has 4 heteroatoms. The molecule has 0 fully saturated rings. The molecule has 0 aliphatic heterocycles. The second kappa shape index (κ2) is 3.47. The van der Waals surface area contributed by atoms with E-state index in [0.29, 0.717) is 5.69 Å². The summed E-state index contributed by atoms with van der Waals surface area (Å²) in [6.07, 6.45) is 1.71. The number of hydrogen-bond acceptors (Lipinski definition) is 3. The summed E-state index contributed by atoms with van der Waals surface area (Å²) in [7, 11) is 0. The van der Waals surface area contributed by atoms with E-state index in [2.05, 4.69) is 4.98 Å². The van der Waals surface area contributed by atoms with E-state index in [-0.39, 0.29) is 0 Å². The average molecular weight is 286 g/mol. The lowest BCUT2D eigenvalue weighted by Gasteiger charge is -2.09. The number of nitrogens with zero attached hydrogens (tertiary/aromatic N) is 2. The van der Waals surface area contributed by atoms with E-state index in [9.17, 15) is 5.21 Å². The van der Waals surface area contributed by atoms with Crippen LogP contribution in [0.15, 0.2) is 36.5 Å². The van der Waals surface area contributed by atoms with Crippen molar-refractivity contribution in [1.29, 1.82) is 0 Å². The third-order valence-corrected chi connectivity index (χ3v) is 2.33. The molecule has 0 radical (unpaired) electrons. The van der Waals surface area contributed by atoms with Crippen LogP contribution in [0.5, 0.6) is 0 Å². The lowest BCUT2D eigenvalue weighted by atomic mass is 10.2. The van der Waals surface area contributed by atoms with Crippen LogP contribution in [0.1, 0.15) is 0 Å². The second-order valence-corrected chi connectivity index (χ2v) is 3.53. The van der Waals surface area contributed by atoms with Crippen LogP contribution in [0.2, 0.25) is 0 Å². The first-order valence-electron chi connectivity index (χ1n) is 3.77. The van der Waals surface area contributed by atoms with Crippen molar-refractivity contribution in [3.63, 3.8) is 0 Å². The molecule has 1 aromatic heterocycles. The molecule has 0 saturated carbocycles. The maximum Gasteiger partial charge on any atom is 0.101 e. The Morgan fingerprint density at radius 2 is 2.00 bits per heavy atom. The highest BCUT2D eigenvalue weighted by atomic mass is 127. The first-order valence-corrected chi connectivity index (χ1v) is 4.74. The van der Waals surface area contributed by atoms with Gasteiger partial charge in [-0.25, -0.2) is 0 Å². The molecule has 0 atom stereocenters. The summed E-state index contributed by atoms with van der Waals surface area (Å²) >= 11 is 1.81. The van der Waals surface area contributed by atoms with Crippen LogP contribution in [-0.4, -0.2) is 10.2 Å². The number of pyridine rings is 1. The molecule has 0 spiro atoms. The molecule has 2 rings (SSSR count). The van der Waals surface area contributed by atoms with E-state index in [1.165, 1.54) is 0 Å². The van der Waals surface area contributed by atoms with Gasteiger partial charge in [0, 0.05) is 11.6 Å². The predicted molar refractivity (Wildman–Crippen MR) is 60.0 cm³/mol. The number of anilines is 1. The molecule has 66 valence electrons. The summed E-state index contributed by atoms with van der Waals surface area (Å²) in [6, 6.07) is 9.52. The molecule has 0 aliphatic rings. The monoisotopic (exact) mass is 286 g/mol. The van der Waals surface area contributed by atoms with Gasteiger partial charge >= 0.3 is 0 Å². The van der Waals surface area contributed by atoms with E-state index in [1.54, 1.807) is 29.1 Å².